The fraction of sp³-hybridized carbons (Fsp3) is 0.400. The molecule has 1 N–H and O–H groups in total. The van der Waals surface area contributed by atoms with Crippen LogP contribution in [-0.2, 0) is 27.1 Å². The summed E-state index contributed by atoms with van der Waals surface area (Å²) in [5.41, 5.74) is 3.04. The number of esters is 1. The SMILES string of the molecule is O=C(COC(=O)c1cc2c(s1)CCC2)Nc1ccc(N2CCOCC2)cc1. The Balaban J connectivity index is 1.26. The van der Waals surface area contributed by atoms with Crippen LogP contribution in [0.2, 0.25) is 0 Å². The highest BCUT2D eigenvalue weighted by atomic mass is 32.1. The molecule has 1 aromatic carbocycles. The Hall–Kier alpha value is -2.38. The molecule has 1 aromatic heterocycles. The van der Waals surface area contributed by atoms with Crippen molar-refractivity contribution in [2.45, 2.75) is 19.3 Å². The summed E-state index contributed by atoms with van der Waals surface area (Å²) in [4.78, 5) is 28.3. The first-order valence-corrected chi connectivity index (χ1v) is 10.0. The number of hydrogen-bond acceptors (Lipinski definition) is 6. The number of nitrogens with zero attached hydrogens (tertiary/aromatic N) is 1. The average molecular weight is 386 g/mol. The molecule has 0 unspecified atom stereocenters. The normalized spacial score (nSPS) is 16.1. The van der Waals surface area contributed by atoms with Crippen molar-refractivity contribution < 1.29 is 19.1 Å². The first-order chi connectivity index (χ1) is 13.2. The molecule has 2 heterocycles. The summed E-state index contributed by atoms with van der Waals surface area (Å²) in [5.74, 6) is -0.765. The Bertz CT molecular complexity index is 804. The quantitative estimate of drug-likeness (QED) is 0.801. The molecule has 6 nitrogen and oxygen atoms in total. The number of ether oxygens (including phenoxy) is 2. The van der Waals surface area contributed by atoms with E-state index in [0.717, 1.165) is 51.3 Å². The number of aryl methyl sites for hydroxylation is 2. The van der Waals surface area contributed by atoms with Crippen LogP contribution in [0.5, 0.6) is 0 Å². The van der Waals surface area contributed by atoms with Gasteiger partial charge in [-0.05, 0) is 55.2 Å². The molecule has 1 aliphatic heterocycles. The number of carbonyl (C=O) groups is 2. The molecule has 7 heteroatoms. The lowest BCUT2D eigenvalue weighted by molar-refractivity contribution is -0.119. The van der Waals surface area contributed by atoms with Gasteiger partial charge in [0.2, 0.25) is 0 Å². The molecule has 0 bridgehead atoms. The maximum atomic E-state index is 12.1. The zero-order chi connectivity index (χ0) is 18.6. The first-order valence-electron chi connectivity index (χ1n) is 9.20. The molecule has 0 atom stereocenters. The topological polar surface area (TPSA) is 67.9 Å². The van der Waals surface area contributed by atoms with Crippen LogP contribution in [0, 0.1) is 0 Å². The minimum absolute atomic E-state index is 0.285. The molecule has 0 saturated carbocycles. The van der Waals surface area contributed by atoms with Crippen LogP contribution in [0.3, 0.4) is 0 Å². The zero-order valence-corrected chi connectivity index (χ0v) is 15.8. The smallest absolute Gasteiger partial charge is 0.348 e. The predicted molar refractivity (Wildman–Crippen MR) is 105 cm³/mol. The van der Waals surface area contributed by atoms with E-state index in [-0.39, 0.29) is 12.5 Å². The molecule has 142 valence electrons. The highest BCUT2D eigenvalue weighted by Crippen LogP contribution is 2.30. The Morgan fingerprint density at radius 2 is 1.93 bits per heavy atom. The monoisotopic (exact) mass is 386 g/mol. The highest BCUT2D eigenvalue weighted by Gasteiger charge is 2.20. The van der Waals surface area contributed by atoms with Crippen molar-refractivity contribution in [2.24, 2.45) is 0 Å². The highest BCUT2D eigenvalue weighted by molar-refractivity contribution is 7.14. The summed E-state index contributed by atoms with van der Waals surface area (Å²) >= 11 is 1.48. The molecule has 2 aliphatic rings. The lowest BCUT2D eigenvalue weighted by atomic mass is 10.2. The van der Waals surface area contributed by atoms with E-state index in [1.165, 1.54) is 21.8 Å². The van der Waals surface area contributed by atoms with Crippen LogP contribution in [0.15, 0.2) is 30.3 Å². The molecule has 4 rings (SSSR count). The molecule has 0 spiro atoms. The molecule has 1 saturated heterocycles. The Morgan fingerprint density at radius 3 is 2.67 bits per heavy atom. The predicted octanol–water partition coefficient (Wildman–Crippen LogP) is 2.87. The fourth-order valence-corrected chi connectivity index (χ4v) is 4.55. The number of benzene rings is 1. The third kappa shape index (κ3) is 4.31. The molecular formula is C20H22N2O4S. The number of thiophene rings is 1. The molecule has 1 aliphatic carbocycles. The van der Waals surface area contributed by atoms with Gasteiger partial charge in [0.05, 0.1) is 13.2 Å². The van der Waals surface area contributed by atoms with E-state index in [1.807, 2.05) is 30.3 Å². The van der Waals surface area contributed by atoms with Crippen LogP contribution < -0.4 is 10.2 Å². The summed E-state index contributed by atoms with van der Waals surface area (Å²) in [6, 6.07) is 9.56. The third-order valence-corrected chi connectivity index (χ3v) is 6.03. The van der Waals surface area contributed by atoms with Gasteiger partial charge < -0.3 is 19.7 Å². The van der Waals surface area contributed by atoms with Crippen LogP contribution >= 0.6 is 11.3 Å². The van der Waals surface area contributed by atoms with Crippen molar-refractivity contribution in [3.63, 3.8) is 0 Å². The van der Waals surface area contributed by atoms with Crippen molar-refractivity contribution in [1.82, 2.24) is 0 Å². The lowest BCUT2D eigenvalue weighted by Crippen LogP contribution is -2.36. The van der Waals surface area contributed by atoms with Crippen molar-refractivity contribution in [3.05, 3.63) is 45.6 Å². The van der Waals surface area contributed by atoms with Gasteiger partial charge in [0, 0.05) is 29.3 Å². The van der Waals surface area contributed by atoms with Gasteiger partial charge in [-0.25, -0.2) is 4.79 Å². The number of hydrogen-bond donors (Lipinski definition) is 1. The second kappa shape index (κ2) is 8.10. The van der Waals surface area contributed by atoms with E-state index in [0.29, 0.717) is 10.6 Å². The van der Waals surface area contributed by atoms with Gasteiger partial charge in [-0.1, -0.05) is 0 Å². The van der Waals surface area contributed by atoms with Gasteiger partial charge >= 0.3 is 5.97 Å². The zero-order valence-electron chi connectivity index (χ0n) is 15.0. The largest absolute Gasteiger partial charge is 0.451 e. The first kappa shape index (κ1) is 18.0. The summed E-state index contributed by atoms with van der Waals surface area (Å²) in [5, 5.41) is 2.76. The summed E-state index contributed by atoms with van der Waals surface area (Å²) in [6.07, 6.45) is 3.22. The van der Waals surface area contributed by atoms with E-state index in [1.54, 1.807) is 0 Å². The minimum atomic E-state index is -0.424. The van der Waals surface area contributed by atoms with E-state index >= 15 is 0 Å². The molecule has 1 amide bonds. The van der Waals surface area contributed by atoms with E-state index in [9.17, 15) is 9.59 Å². The maximum Gasteiger partial charge on any atom is 0.348 e. The van der Waals surface area contributed by atoms with Crippen molar-refractivity contribution in [3.8, 4) is 0 Å². The number of carbonyl (C=O) groups excluding carboxylic acids is 2. The summed E-state index contributed by atoms with van der Waals surface area (Å²) < 4.78 is 10.5. The summed E-state index contributed by atoms with van der Waals surface area (Å²) in [6.45, 7) is 2.92. The van der Waals surface area contributed by atoms with Crippen LogP contribution in [0.1, 0.15) is 26.5 Å². The molecular weight excluding hydrogens is 364 g/mol. The molecule has 1 fully saturated rings. The number of rotatable bonds is 5. The van der Waals surface area contributed by atoms with Crippen molar-refractivity contribution >= 4 is 34.6 Å². The summed E-state index contributed by atoms with van der Waals surface area (Å²) in [7, 11) is 0. The number of amides is 1. The van der Waals surface area contributed by atoms with Gasteiger partial charge in [0.1, 0.15) is 4.88 Å². The maximum absolute atomic E-state index is 12.1. The van der Waals surface area contributed by atoms with E-state index in [4.69, 9.17) is 9.47 Å². The molecule has 27 heavy (non-hydrogen) atoms. The van der Waals surface area contributed by atoms with Crippen LogP contribution in [0.4, 0.5) is 11.4 Å². The van der Waals surface area contributed by atoms with E-state index < -0.39 is 5.97 Å². The average Bonchev–Trinajstić information content (AvgIpc) is 3.30. The van der Waals surface area contributed by atoms with Crippen LogP contribution in [0.25, 0.3) is 0 Å². The molecule has 2 aromatic rings. The van der Waals surface area contributed by atoms with E-state index in [2.05, 4.69) is 10.2 Å². The van der Waals surface area contributed by atoms with Gasteiger partial charge in [-0.2, -0.15) is 0 Å². The standard InChI is InChI=1S/C20H22N2O4S/c23-19(13-26-20(24)18-12-14-2-1-3-17(14)27-18)21-15-4-6-16(7-5-15)22-8-10-25-11-9-22/h4-7,12H,1-3,8-11,13H2,(H,21,23). The third-order valence-electron chi connectivity index (χ3n) is 4.81. The van der Waals surface area contributed by atoms with Crippen molar-refractivity contribution in [2.75, 3.05) is 43.1 Å². The number of morpholine rings is 1. The second-order valence-corrected chi connectivity index (χ2v) is 7.82. The molecule has 0 radical (unpaired) electrons. The Morgan fingerprint density at radius 1 is 1.15 bits per heavy atom. The number of nitrogens with one attached hydrogen (secondary N) is 1. The number of anilines is 2. The Labute approximate surface area is 162 Å². The Kier molecular flexibility index (Phi) is 5.40. The van der Waals surface area contributed by atoms with Gasteiger partial charge in [0.25, 0.3) is 5.91 Å². The lowest BCUT2D eigenvalue weighted by Gasteiger charge is -2.28. The van der Waals surface area contributed by atoms with Crippen LogP contribution in [-0.4, -0.2) is 44.8 Å². The second-order valence-electron chi connectivity index (χ2n) is 6.68. The fourth-order valence-electron chi connectivity index (χ4n) is 3.41. The number of fused-ring (bicyclic) bond motifs is 1. The van der Waals surface area contributed by atoms with Crippen molar-refractivity contribution in [1.29, 1.82) is 0 Å². The van der Waals surface area contributed by atoms with Gasteiger partial charge in [0.15, 0.2) is 6.61 Å². The van der Waals surface area contributed by atoms with Gasteiger partial charge in [-0.15, -0.1) is 11.3 Å². The minimum Gasteiger partial charge on any atom is -0.451 e. The van der Waals surface area contributed by atoms with Gasteiger partial charge in [-0.3, -0.25) is 4.79 Å².